The highest BCUT2D eigenvalue weighted by Gasteiger charge is 2.27. The lowest BCUT2D eigenvalue weighted by molar-refractivity contribution is 0.113. The molecule has 1 atom stereocenters. The van der Waals surface area contributed by atoms with Crippen molar-refractivity contribution in [3.63, 3.8) is 0 Å². The van der Waals surface area contributed by atoms with E-state index in [1.54, 1.807) is 23.5 Å². The molecule has 0 radical (unpaired) electrons. The summed E-state index contributed by atoms with van der Waals surface area (Å²) < 4.78 is 39.6. The first-order valence-electron chi connectivity index (χ1n) is 9.37. The second kappa shape index (κ2) is 8.38. The summed E-state index contributed by atoms with van der Waals surface area (Å²) in [6.45, 7) is 5.03. The van der Waals surface area contributed by atoms with Gasteiger partial charge in [-0.3, -0.25) is 4.90 Å². The number of piperazine rings is 1. The standard InChI is InChI=1S/C19H25N3O4S2/c1-21-5-7-22(8-6-21)17(15-4-11-27-14-15)13-20-28(23,24)16-2-3-18-19(12-16)26-10-9-25-18/h2-4,11-12,14,17,20H,5-10,13H2,1H3/t17-/m0/s1. The molecule has 2 aliphatic rings. The molecular weight excluding hydrogens is 398 g/mol. The zero-order chi connectivity index (χ0) is 19.6. The number of thiophene rings is 1. The van der Waals surface area contributed by atoms with Gasteiger partial charge in [-0.2, -0.15) is 11.3 Å². The third-order valence-electron chi connectivity index (χ3n) is 5.20. The predicted molar refractivity (Wildman–Crippen MR) is 109 cm³/mol. The van der Waals surface area contributed by atoms with Gasteiger partial charge in [0.05, 0.1) is 4.90 Å². The van der Waals surface area contributed by atoms with Crippen molar-refractivity contribution in [3.05, 3.63) is 40.6 Å². The monoisotopic (exact) mass is 423 g/mol. The SMILES string of the molecule is CN1CCN([C@@H](CNS(=O)(=O)c2ccc3c(c2)OCCO3)c2ccsc2)CC1. The van der Waals surface area contributed by atoms with E-state index in [9.17, 15) is 8.42 Å². The van der Waals surface area contributed by atoms with E-state index in [1.165, 1.54) is 6.07 Å². The van der Waals surface area contributed by atoms with Crippen LogP contribution in [0.4, 0.5) is 0 Å². The molecule has 1 saturated heterocycles. The van der Waals surface area contributed by atoms with Gasteiger partial charge in [0.2, 0.25) is 10.0 Å². The number of nitrogens with zero attached hydrogens (tertiary/aromatic N) is 2. The molecule has 0 unspecified atom stereocenters. The quantitative estimate of drug-likeness (QED) is 0.764. The lowest BCUT2D eigenvalue weighted by Gasteiger charge is -2.37. The van der Waals surface area contributed by atoms with Gasteiger partial charge in [0.15, 0.2) is 11.5 Å². The second-order valence-corrected chi connectivity index (χ2v) is 9.62. The molecule has 0 aliphatic carbocycles. The van der Waals surface area contributed by atoms with Crippen LogP contribution in [-0.2, 0) is 10.0 Å². The van der Waals surface area contributed by atoms with E-state index in [4.69, 9.17) is 9.47 Å². The minimum atomic E-state index is -3.65. The van der Waals surface area contributed by atoms with Crippen molar-refractivity contribution in [2.75, 3.05) is 53.0 Å². The Hall–Kier alpha value is -1.65. The lowest BCUT2D eigenvalue weighted by Crippen LogP contribution is -2.48. The predicted octanol–water partition coefficient (Wildman–Crippen LogP) is 1.79. The molecule has 9 heteroatoms. The Balaban J connectivity index is 1.50. The van der Waals surface area contributed by atoms with E-state index in [1.807, 2.05) is 5.38 Å². The molecule has 0 amide bonds. The molecule has 1 fully saturated rings. The molecule has 0 spiro atoms. The summed E-state index contributed by atoms with van der Waals surface area (Å²) in [7, 11) is -1.54. The summed E-state index contributed by atoms with van der Waals surface area (Å²) in [5.74, 6) is 1.06. The van der Waals surface area contributed by atoms with Crippen LogP contribution in [0.2, 0.25) is 0 Å². The van der Waals surface area contributed by atoms with Crippen molar-refractivity contribution < 1.29 is 17.9 Å². The molecule has 3 heterocycles. The average molecular weight is 424 g/mol. The first-order chi connectivity index (χ1) is 13.5. The van der Waals surface area contributed by atoms with E-state index < -0.39 is 10.0 Å². The number of rotatable bonds is 6. The van der Waals surface area contributed by atoms with Crippen LogP contribution in [0.5, 0.6) is 11.5 Å². The van der Waals surface area contributed by atoms with Gasteiger partial charge in [0.25, 0.3) is 0 Å². The van der Waals surface area contributed by atoms with Gasteiger partial charge in [-0.15, -0.1) is 0 Å². The fourth-order valence-corrected chi connectivity index (χ4v) is 5.28. The number of likely N-dealkylation sites (N-methyl/N-ethyl adjacent to an activating group) is 1. The Bertz CT molecular complexity index is 894. The molecule has 0 saturated carbocycles. The van der Waals surface area contributed by atoms with Gasteiger partial charge in [0.1, 0.15) is 13.2 Å². The lowest BCUT2D eigenvalue weighted by atomic mass is 10.1. The van der Waals surface area contributed by atoms with Gasteiger partial charge < -0.3 is 14.4 Å². The zero-order valence-electron chi connectivity index (χ0n) is 15.8. The van der Waals surface area contributed by atoms with Crippen LogP contribution in [0.25, 0.3) is 0 Å². The summed E-state index contributed by atoms with van der Waals surface area (Å²) in [5.41, 5.74) is 1.15. The number of nitrogens with one attached hydrogen (secondary N) is 1. The first-order valence-corrected chi connectivity index (χ1v) is 11.8. The van der Waals surface area contributed by atoms with E-state index in [0.717, 1.165) is 31.7 Å². The Labute approximate surface area is 169 Å². The van der Waals surface area contributed by atoms with Crippen LogP contribution < -0.4 is 14.2 Å². The second-order valence-electron chi connectivity index (χ2n) is 7.07. The highest BCUT2D eigenvalue weighted by Crippen LogP contribution is 2.32. The van der Waals surface area contributed by atoms with Gasteiger partial charge >= 0.3 is 0 Å². The number of hydrogen-bond acceptors (Lipinski definition) is 7. The Kier molecular flexibility index (Phi) is 5.88. The zero-order valence-corrected chi connectivity index (χ0v) is 17.5. The maximum absolute atomic E-state index is 12.9. The summed E-state index contributed by atoms with van der Waals surface area (Å²) in [6, 6.07) is 6.84. The van der Waals surface area contributed by atoms with E-state index in [0.29, 0.717) is 31.3 Å². The smallest absolute Gasteiger partial charge is 0.240 e. The molecule has 1 aromatic heterocycles. The molecule has 1 N–H and O–H groups in total. The maximum atomic E-state index is 12.9. The van der Waals surface area contributed by atoms with E-state index in [-0.39, 0.29) is 10.9 Å². The first kappa shape index (κ1) is 19.7. The molecule has 2 aliphatic heterocycles. The van der Waals surface area contributed by atoms with Crippen molar-refractivity contribution >= 4 is 21.4 Å². The third-order valence-corrected chi connectivity index (χ3v) is 7.32. The molecule has 7 nitrogen and oxygen atoms in total. The van der Waals surface area contributed by atoms with Crippen molar-refractivity contribution in [1.29, 1.82) is 0 Å². The fourth-order valence-electron chi connectivity index (χ4n) is 3.52. The molecule has 28 heavy (non-hydrogen) atoms. The van der Waals surface area contributed by atoms with Gasteiger partial charge in [0, 0.05) is 44.8 Å². The largest absolute Gasteiger partial charge is 0.486 e. The number of hydrogen-bond donors (Lipinski definition) is 1. The number of benzene rings is 1. The highest BCUT2D eigenvalue weighted by molar-refractivity contribution is 7.89. The van der Waals surface area contributed by atoms with Crippen LogP contribution in [0, 0.1) is 0 Å². The fraction of sp³-hybridized carbons (Fsp3) is 0.474. The molecule has 0 bridgehead atoms. The summed E-state index contributed by atoms with van der Waals surface area (Å²) >= 11 is 1.63. The van der Waals surface area contributed by atoms with Crippen LogP contribution in [-0.4, -0.2) is 71.2 Å². The van der Waals surface area contributed by atoms with Crippen molar-refractivity contribution in [1.82, 2.24) is 14.5 Å². The Morgan fingerprint density at radius 1 is 1.11 bits per heavy atom. The van der Waals surface area contributed by atoms with Gasteiger partial charge in [-0.25, -0.2) is 13.1 Å². The van der Waals surface area contributed by atoms with E-state index >= 15 is 0 Å². The van der Waals surface area contributed by atoms with E-state index in [2.05, 4.69) is 33.0 Å². The molecular formula is C19H25N3O4S2. The molecule has 1 aromatic carbocycles. The van der Waals surface area contributed by atoms with Gasteiger partial charge in [-0.05, 0) is 41.6 Å². The number of fused-ring (bicyclic) bond motifs is 1. The summed E-state index contributed by atoms with van der Waals surface area (Å²) in [5, 5.41) is 4.13. The third kappa shape index (κ3) is 4.33. The summed E-state index contributed by atoms with van der Waals surface area (Å²) in [6.07, 6.45) is 0. The normalized spacial score (nSPS) is 19.5. The Morgan fingerprint density at radius 2 is 1.86 bits per heavy atom. The van der Waals surface area contributed by atoms with Crippen LogP contribution in [0.3, 0.4) is 0 Å². The van der Waals surface area contributed by atoms with Crippen LogP contribution >= 0.6 is 11.3 Å². The van der Waals surface area contributed by atoms with Crippen LogP contribution in [0.15, 0.2) is 39.9 Å². The number of ether oxygens (including phenoxy) is 2. The topological polar surface area (TPSA) is 71.1 Å². The van der Waals surface area contributed by atoms with Crippen molar-refractivity contribution in [2.24, 2.45) is 0 Å². The minimum absolute atomic E-state index is 0.0203. The van der Waals surface area contributed by atoms with Crippen molar-refractivity contribution in [2.45, 2.75) is 10.9 Å². The minimum Gasteiger partial charge on any atom is -0.486 e. The Morgan fingerprint density at radius 3 is 2.57 bits per heavy atom. The summed E-state index contributed by atoms with van der Waals surface area (Å²) in [4.78, 5) is 4.84. The molecule has 2 aromatic rings. The molecule has 4 rings (SSSR count). The van der Waals surface area contributed by atoms with Gasteiger partial charge in [-0.1, -0.05) is 0 Å². The highest BCUT2D eigenvalue weighted by atomic mass is 32.2. The van der Waals surface area contributed by atoms with Crippen LogP contribution in [0.1, 0.15) is 11.6 Å². The number of sulfonamides is 1. The average Bonchev–Trinajstić information content (AvgIpc) is 3.23. The van der Waals surface area contributed by atoms with Crippen molar-refractivity contribution in [3.8, 4) is 11.5 Å². The molecule has 152 valence electrons. The maximum Gasteiger partial charge on any atom is 0.240 e.